The van der Waals surface area contributed by atoms with E-state index in [0.717, 1.165) is 12.1 Å². The summed E-state index contributed by atoms with van der Waals surface area (Å²) < 4.78 is 5.58. The number of hydrogen-bond donors (Lipinski definition) is 0. The number of aryl methyl sites for hydroxylation is 1. The minimum absolute atomic E-state index is 0.391. The lowest BCUT2D eigenvalue weighted by Crippen LogP contribution is -2.20. The molecular weight excluding hydrogens is 238 g/mol. The topological polar surface area (TPSA) is 21.7 Å². The van der Waals surface area contributed by atoms with E-state index >= 15 is 0 Å². The zero-order chi connectivity index (χ0) is 13.5. The number of benzene rings is 1. The number of nitrogens with zero attached hydrogens (tertiary/aromatic N) is 1. The molecule has 19 heavy (non-hydrogen) atoms. The lowest BCUT2D eigenvalue weighted by atomic mass is 10.1. The molecule has 1 aliphatic heterocycles. The number of allylic oxidation sites excluding steroid dienone is 2. The molecule has 0 radical (unpaired) electrons. The second-order valence-corrected chi connectivity index (χ2v) is 4.48. The predicted molar refractivity (Wildman–Crippen MR) is 76.0 cm³/mol. The van der Waals surface area contributed by atoms with Crippen molar-refractivity contribution >= 4 is 0 Å². The van der Waals surface area contributed by atoms with Gasteiger partial charge < -0.3 is 9.57 Å². The summed E-state index contributed by atoms with van der Waals surface area (Å²) in [7, 11) is 0. The van der Waals surface area contributed by atoms with E-state index in [2.05, 4.69) is 31.7 Å². The van der Waals surface area contributed by atoms with Crippen molar-refractivity contribution in [3.8, 4) is 0 Å². The van der Waals surface area contributed by atoms with E-state index < -0.39 is 0 Å². The van der Waals surface area contributed by atoms with Crippen LogP contribution in [0, 0.1) is 6.92 Å². The van der Waals surface area contributed by atoms with Crippen LogP contribution >= 0.6 is 0 Å². The summed E-state index contributed by atoms with van der Waals surface area (Å²) in [6.45, 7) is 7.61. The van der Waals surface area contributed by atoms with Crippen LogP contribution in [0.1, 0.15) is 11.1 Å². The first-order valence-corrected chi connectivity index (χ1v) is 6.33. The summed E-state index contributed by atoms with van der Waals surface area (Å²) in [5.74, 6) is 0.604. The van der Waals surface area contributed by atoms with Crippen LogP contribution in [0.2, 0.25) is 0 Å². The van der Waals surface area contributed by atoms with Gasteiger partial charge in [-0.1, -0.05) is 48.6 Å². The van der Waals surface area contributed by atoms with E-state index in [4.69, 9.17) is 9.57 Å². The second kappa shape index (κ2) is 6.81. The van der Waals surface area contributed by atoms with E-state index in [0.29, 0.717) is 19.0 Å². The van der Waals surface area contributed by atoms with Crippen molar-refractivity contribution in [2.75, 3.05) is 13.2 Å². The van der Waals surface area contributed by atoms with Gasteiger partial charge in [0.25, 0.3) is 0 Å². The van der Waals surface area contributed by atoms with Gasteiger partial charge in [0.15, 0.2) is 5.76 Å². The molecule has 3 heteroatoms. The fourth-order valence-electron chi connectivity index (χ4n) is 1.79. The molecule has 2 rings (SSSR count). The first-order chi connectivity index (χ1) is 9.24. The molecule has 0 bridgehead atoms. The Morgan fingerprint density at radius 3 is 3.00 bits per heavy atom. The van der Waals surface area contributed by atoms with Crippen molar-refractivity contribution in [1.82, 2.24) is 5.06 Å². The van der Waals surface area contributed by atoms with Crippen LogP contribution in [0.3, 0.4) is 0 Å². The third-order valence-electron chi connectivity index (χ3n) is 2.65. The van der Waals surface area contributed by atoms with Crippen molar-refractivity contribution < 1.29 is 9.57 Å². The third-order valence-corrected chi connectivity index (χ3v) is 2.65. The van der Waals surface area contributed by atoms with E-state index in [-0.39, 0.29) is 0 Å². The third kappa shape index (κ3) is 4.64. The highest BCUT2D eigenvalue weighted by molar-refractivity contribution is 5.21. The minimum Gasteiger partial charge on any atom is -0.382 e. The molecule has 1 heterocycles. The molecule has 100 valence electrons. The summed E-state index contributed by atoms with van der Waals surface area (Å²) in [6, 6.07) is 8.27. The van der Waals surface area contributed by atoms with Crippen LogP contribution in [0.25, 0.3) is 0 Å². The van der Waals surface area contributed by atoms with Gasteiger partial charge in [-0.25, -0.2) is 5.06 Å². The predicted octanol–water partition coefficient (Wildman–Crippen LogP) is 3.34. The summed E-state index contributed by atoms with van der Waals surface area (Å²) >= 11 is 0. The number of hydrogen-bond acceptors (Lipinski definition) is 3. The fraction of sp³-hybridized carbons (Fsp3) is 0.250. The highest BCUT2D eigenvalue weighted by atomic mass is 16.7. The highest BCUT2D eigenvalue weighted by Crippen LogP contribution is 2.08. The molecule has 0 saturated heterocycles. The summed E-state index contributed by atoms with van der Waals surface area (Å²) in [6.07, 6.45) is 7.79. The molecule has 0 aliphatic carbocycles. The smallest absolute Gasteiger partial charge is 0.150 e. The van der Waals surface area contributed by atoms with Crippen molar-refractivity contribution in [3.05, 3.63) is 72.2 Å². The first kappa shape index (κ1) is 13.4. The molecule has 0 saturated carbocycles. The standard InChI is InChI=1S/C16H19NO2/c1-14-7-6-8-16(11-14)13-18-12-15(2)19-17-9-4-3-5-10-17/h3-9,11H,2,10,12-13H2,1H3. The molecule has 0 unspecified atom stereocenters. The molecule has 0 atom stereocenters. The van der Waals surface area contributed by atoms with Gasteiger partial charge in [0.05, 0.1) is 13.2 Å². The van der Waals surface area contributed by atoms with Crippen molar-refractivity contribution in [2.24, 2.45) is 0 Å². The summed E-state index contributed by atoms with van der Waals surface area (Å²) in [5, 5.41) is 1.72. The molecular formula is C16H19NO2. The van der Waals surface area contributed by atoms with E-state index in [9.17, 15) is 0 Å². The van der Waals surface area contributed by atoms with Crippen LogP contribution < -0.4 is 0 Å². The number of ether oxygens (including phenoxy) is 1. The van der Waals surface area contributed by atoms with Crippen molar-refractivity contribution in [3.63, 3.8) is 0 Å². The average Bonchev–Trinajstić information content (AvgIpc) is 2.40. The lowest BCUT2D eigenvalue weighted by molar-refractivity contribution is -0.0831. The monoisotopic (exact) mass is 257 g/mol. The van der Waals surface area contributed by atoms with Crippen LogP contribution in [-0.2, 0) is 16.2 Å². The Bertz CT molecular complexity index is 491. The Morgan fingerprint density at radius 2 is 2.26 bits per heavy atom. The molecule has 1 aromatic rings. The molecule has 3 nitrogen and oxygen atoms in total. The van der Waals surface area contributed by atoms with E-state index in [1.807, 2.05) is 30.5 Å². The first-order valence-electron chi connectivity index (χ1n) is 6.33. The Hall–Kier alpha value is -2.00. The van der Waals surface area contributed by atoms with Gasteiger partial charge in [-0.3, -0.25) is 0 Å². The molecule has 0 aromatic heterocycles. The average molecular weight is 257 g/mol. The Morgan fingerprint density at radius 1 is 1.37 bits per heavy atom. The second-order valence-electron chi connectivity index (χ2n) is 4.48. The summed E-state index contributed by atoms with van der Waals surface area (Å²) in [4.78, 5) is 5.53. The molecule has 1 aliphatic rings. The van der Waals surface area contributed by atoms with Gasteiger partial charge in [0.1, 0.15) is 6.61 Å². The maximum absolute atomic E-state index is 5.58. The molecule has 1 aromatic carbocycles. The van der Waals surface area contributed by atoms with Gasteiger partial charge in [0.2, 0.25) is 0 Å². The SMILES string of the molecule is C=C(COCc1cccc(C)c1)ON1C=CC=CC1. The Kier molecular flexibility index (Phi) is 4.81. The quantitative estimate of drug-likeness (QED) is 0.729. The Balaban J connectivity index is 1.69. The molecule has 0 amide bonds. The van der Waals surface area contributed by atoms with Crippen LogP contribution in [0.5, 0.6) is 0 Å². The molecule has 0 fully saturated rings. The largest absolute Gasteiger partial charge is 0.382 e. The van der Waals surface area contributed by atoms with Gasteiger partial charge >= 0.3 is 0 Å². The van der Waals surface area contributed by atoms with Crippen molar-refractivity contribution in [2.45, 2.75) is 13.5 Å². The number of hydroxylamine groups is 2. The molecule has 0 N–H and O–H groups in total. The van der Waals surface area contributed by atoms with Gasteiger partial charge in [-0.2, -0.15) is 0 Å². The van der Waals surface area contributed by atoms with Gasteiger partial charge in [0, 0.05) is 6.20 Å². The minimum atomic E-state index is 0.391. The van der Waals surface area contributed by atoms with Crippen LogP contribution in [0.15, 0.2) is 61.0 Å². The van der Waals surface area contributed by atoms with Gasteiger partial charge in [-0.15, -0.1) is 0 Å². The van der Waals surface area contributed by atoms with E-state index in [1.165, 1.54) is 5.56 Å². The highest BCUT2D eigenvalue weighted by Gasteiger charge is 2.04. The van der Waals surface area contributed by atoms with Gasteiger partial charge in [-0.05, 0) is 18.6 Å². The molecule has 0 spiro atoms. The zero-order valence-electron chi connectivity index (χ0n) is 11.2. The van der Waals surface area contributed by atoms with Crippen LogP contribution in [0.4, 0.5) is 0 Å². The lowest BCUT2D eigenvalue weighted by Gasteiger charge is -2.21. The van der Waals surface area contributed by atoms with Crippen molar-refractivity contribution in [1.29, 1.82) is 0 Å². The Labute approximate surface area is 114 Å². The van der Waals surface area contributed by atoms with Crippen LogP contribution in [-0.4, -0.2) is 18.2 Å². The zero-order valence-corrected chi connectivity index (χ0v) is 11.2. The normalized spacial score (nSPS) is 13.6. The maximum Gasteiger partial charge on any atom is 0.150 e. The summed E-state index contributed by atoms with van der Waals surface area (Å²) in [5.41, 5.74) is 2.40. The fourth-order valence-corrected chi connectivity index (χ4v) is 1.79. The number of rotatable bonds is 6. The van der Waals surface area contributed by atoms with E-state index in [1.54, 1.807) is 5.06 Å². The maximum atomic E-state index is 5.58.